The molecule has 20 heavy (non-hydrogen) atoms. The second-order valence-electron chi connectivity index (χ2n) is 3.81. The first-order valence-electron chi connectivity index (χ1n) is 5.59. The van der Waals surface area contributed by atoms with Gasteiger partial charge in [0.2, 0.25) is 0 Å². The van der Waals surface area contributed by atoms with Crippen LogP contribution < -0.4 is 0 Å². The van der Waals surface area contributed by atoms with Crippen molar-refractivity contribution in [1.82, 2.24) is 4.98 Å². The molecule has 0 aliphatic carbocycles. The zero-order chi connectivity index (χ0) is 14.5. The van der Waals surface area contributed by atoms with Crippen molar-refractivity contribution < 1.29 is 15.0 Å². The molecule has 7 heteroatoms. The van der Waals surface area contributed by atoms with Crippen LogP contribution in [0.1, 0.15) is 5.01 Å². The first-order valence-corrected chi connectivity index (χ1v) is 7.56. The average Bonchev–Trinajstić information content (AvgIpc) is 2.82. The molecule has 0 saturated carbocycles. The van der Waals surface area contributed by atoms with Gasteiger partial charge in [-0.1, -0.05) is 12.1 Å². The number of thiazole rings is 1. The number of hydrogen-bond donors (Lipinski definition) is 2. The Morgan fingerprint density at radius 2 is 2.10 bits per heavy atom. The molecule has 0 atom stereocenters. The first kappa shape index (κ1) is 14.4. The number of carbonyl (C=O) groups is 1. The number of nitrogens with zero attached hydrogens (tertiary/aromatic N) is 2. The molecule has 0 bridgehead atoms. The zero-order valence-corrected chi connectivity index (χ0v) is 11.9. The van der Waals surface area contributed by atoms with Gasteiger partial charge in [-0.05, 0) is 12.1 Å². The van der Waals surface area contributed by atoms with Gasteiger partial charge in [0.05, 0.1) is 21.7 Å². The molecule has 2 rings (SSSR count). The number of aliphatic hydroxyl groups is 1. The van der Waals surface area contributed by atoms with Crippen LogP contribution in [0.25, 0.3) is 15.8 Å². The van der Waals surface area contributed by atoms with Gasteiger partial charge in [0.25, 0.3) is 0 Å². The minimum Gasteiger partial charge on any atom is -0.510 e. The topological polar surface area (TPSA) is 94.2 Å². The van der Waals surface area contributed by atoms with Crippen molar-refractivity contribution in [1.29, 1.82) is 5.26 Å². The first-order chi connectivity index (χ1) is 9.61. The molecule has 5 nitrogen and oxygen atoms in total. The fourth-order valence-electron chi connectivity index (χ4n) is 1.52. The summed E-state index contributed by atoms with van der Waals surface area (Å²) in [7, 11) is 0. The molecule has 2 aromatic rings. The predicted octanol–water partition coefficient (Wildman–Crippen LogP) is 2.91. The van der Waals surface area contributed by atoms with Gasteiger partial charge >= 0.3 is 5.97 Å². The minimum absolute atomic E-state index is 0.0745. The van der Waals surface area contributed by atoms with E-state index < -0.39 is 5.97 Å². The maximum atomic E-state index is 10.4. The molecule has 0 aliphatic rings. The molecule has 0 aliphatic heterocycles. The largest absolute Gasteiger partial charge is 0.510 e. The van der Waals surface area contributed by atoms with Crippen molar-refractivity contribution in [3.8, 4) is 6.07 Å². The number of nitriles is 1. The number of carboxylic acid groups (broad SMARTS) is 1. The summed E-state index contributed by atoms with van der Waals surface area (Å²) in [6.45, 7) is 0. The van der Waals surface area contributed by atoms with E-state index in [9.17, 15) is 9.90 Å². The minimum atomic E-state index is -0.957. The van der Waals surface area contributed by atoms with Crippen LogP contribution in [0.4, 0.5) is 0 Å². The quantitative estimate of drug-likeness (QED) is 0.651. The van der Waals surface area contributed by atoms with Crippen molar-refractivity contribution in [2.24, 2.45) is 0 Å². The Hall–Kier alpha value is -2.04. The second kappa shape index (κ2) is 6.41. The highest BCUT2D eigenvalue weighted by Gasteiger charge is 2.14. The maximum absolute atomic E-state index is 10.4. The molecule has 2 N–H and O–H groups in total. The van der Waals surface area contributed by atoms with Gasteiger partial charge in [-0.25, -0.2) is 4.98 Å². The molecule has 1 heterocycles. The Morgan fingerprint density at radius 3 is 2.75 bits per heavy atom. The van der Waals surface area contributed by atoms with Crippen LogP contribution in [-0.4, -0.2) is 32.7 Å². The summed E-state index contributed by atoms with van der Waals surface area (Å²) in [5.74, 6) is -1.15. The lowest BCUT2D eigenvalue weighted by molar-refractivity contribution is -0.133. The van der Waals surface area contributed by atoms with Gasteiger partial charge in [0.1, 0.15) is 22.4 Å². The lowest BCUT2D eigenvalue weighted by Gasteiger charge is -2.00. The van der Waals surface area contributed by atoms with Crippen LogP contribution >= 0.6 is 23.1 Å². The van der Waals surface area contributed by atoms with E-state index in [2.05, 4.69) is 4.98 Å². The Kier molecular flexibility index (Phi) is 4.61. The highest BCUT2D eigenvalue weighted by atomic mass is 32.2. The normalized spacial score (nSPS) is 11.9. The van der Waals surface area contributed by atoms with E-state index in [0.29, 0.717) is 5.01 Å². The van der Waals surface area contributed by atoms with E-state index in [0.717, 1.165) is 22.0 Å². The van der Waals surface area contributed by atoms with E-state index in [4.69, 9.17) is 10.4 Å². The number of aromatic nitrogens is 1. The number of carboxylic acids is 1. The van der Waals surface area contributed by atoms with Gasteiger partial charge in [0.15, 0.2) is 0 Å². The third kappa shape index (κ3) is 3.29. The van der Waals surface area contributed by atoms with Gasteiger partial charge in [-0.2, -0.15) is 5.26 Å². The Balaban J connectivity index is 2.26. The van der Waals surface area contributed by atoms with Crippen LogP contribution in [0.5, 0.6) is 0 Å². The smallest absolute Gasteiger partial charge is 0.313 e. The highest BCUT2D eigenvalue weighted by Crippen LogP contribution is 2.28. The third-order valence-corrected chi connectivity index (χ3v) is 4.35. The van der Waals surface area contributed by atoms with Crippen LogP contribution in [0.3, 0.4) is 0 Å². The lowest BCUT2D eigenvalue weighted by atomic mass is 10.2. The number of aliphatic carboxylic acids is 1. The highest BCUT2D eigenvalue weighted by molar-refractivity contribution is 8.00. The van der Waals surface area contributed by atoms with E-state index >= 15 is 0 Å². The standard InChI is InChI=1S/C13H10N2O3S2/c14-5-8(10(16)6-19-7-12(17)18)13-15-9-3-1-2-4-11(9)20-13/h1-4,16H,6-7H2,(H,17,18). The molecular weight excluding hydrogens is 296 g/mol. The van der Waals surface area contributed by atoms with Gasteiger partial charge in [0, 0.05) is 0 Å². The lowest BCUT2D eigenvalue weighted by Crippen LogP contribution is -2.00. The number of aliphatic hydroxyl groups excluding tert-OH is 1. The van der Waals surface area contributed by atoms with E-state index in [-0.39, 0.29) is 22.8 Å². The van der Waals surface area contributed by atoms with Gasteiger partial charge in [-0.15, -0.1) is 23.1 Å². The summed E-state index contributed by atoms with van der Waals surface area (Å²) in [6, 6.07) is 9.39. The number of rotatable bonds is 5. The van der Waals surface area contributed by atoms with Crippen molar-refractivity contribution >= 4 is 44.9 Å². The van der Waals surface area contributed by atoms with Crippen molar-refractivity contribution in [2.45, 2.75) is 0 Å². The van der Waals surface area contributed by atoms with Crippen molar-refractivity contribution in [2.75, 3.05) is 11.5 Å². The Labute approximate surface area is 123 Å². The van der Waals surface area contributed by atoms with E-state index in [1.165, 1.54) is 11.3 Å². The van der Waals surface area contributed by atoms with Crippen LogP contribution in [0.15, 0.2) is 30.0 Å². The second-order valence-corrected chi connectivity index (χ2v) is 5.82. The average molecular weight is 306 g/mol. The van der Waals surface area contributed by atoms with Crippen molar-refractivity contribution in [3.05, 3.63) is 35.0 Å². The molecule has 102 valence electrons. The number of para-hydroxylation sites is 1. The fourth-order valence-corrected chi connectivity index (χ4v) is 3.12. The number of benzene rings is 1. The van der Waals surface area contributed by atoms with E-state index in [1.54, 1.807) is 0 Å². The van der Waals surface area contributed by atoms with Crippen LogP contribution in [0, 0.1) is 11.3 Å². The Morgan fingerprint density at radius 1 is 1.35 bits per heavy atom. The fraction of sp³-hybridized carbons (Fsp3) is 0.154. The summed E-state index contributed by atoms with van der Waals surface area (Å²) in [6.07, 6.45) is 0. The monoisotopic (exact) mass is 306 g/mol. The third-order valence-electron chi connectivity index (χ3n) is 2.37. The molecular formula is C13H10N2O3S2. The molecule has 1 aromatic carbocycles. The number of hydrogen-bond acceptors (Lipinski definition) is 6. The molecule has 0 amide bonds. The summed E-state index contributed by atoms with van der Waals surface area (Å²) in [4.78, 5) is 14.7. The maximum Gasteiger partial charge on any atom is 0.313 e. The van der Waals surface area contributed by atoms with Crippen molar-refractivity contribution in [3.63, 3.8) is 0 Å². The number of fused-ring (bicyclic) bond motifs is 1. The SMILES string of the molecule is N#CC(=C(O)CSCC(=O)O)c1nc2ccccc2s1. The molecule has 1 aromatic heterocycles. The Bertz CT molecular complexity index is 683. The summed E-state index contributed by atoms with van der Waals surface area (Å²) >= 11 is 2.35. The van der Waals surface area contributed by atoms with Crippen LogP contribution in [-0.2, 0) is 4.79 Å². The molecule has 0 saturated heterocycles. The number of allylic oxidation sites excluding steroid dienone is 1. The van der Waals surface area contributed by atoms with Gasteiger partial charge in [-0.3, -0.25) is 4.79 Å². The summed E-state index contributed by atoms with van der Waals surface area (Å²) in [5, 5.41) is 28.1. The predicted molar refractivity (Wildman–Crippen MR) is 79.7 cm³/mol. The summed E-state index contributed by atoms with van der Waals surface area (Å²) in [5.41, 5.74) is 0.871. The van der Waals surface area contributed by atoms with E-state index in [1.807, 2.05) is 30.3 Å². The molecule has 0 unspecified atom stereocenters. The molecule has 0 spiro atoms. The zero-order valence-electron chi connectivity index (χ0n) is 10.2. The van der Waals surface area contributed by atoms with Gasteiger partial charge < -0.3 is 10.2 Å². The summed E-state index contributed by atoms with van der Waals surface area (Å²) < 4.78 is 0.932. The van der Waals surface area contributed by atoms with Crippen LogP contribution in [0.2, 0.25) is 0 Å². The number of thioether (sulfide) groups is 1. The molecule has 0 fully saturated rings. The molecule has 0 radical (unpaired) electrons.